The minimum absolute atomic E-state index is 0.124. The highest BCUT2D eigenvalue weighted by Gasteiger charge is 2.25. The lowest BCUT2D eigenvalue weighted by atomic mass is 9.96. The molecule has 0 saturated carbocycles. The predicted octanol–water partition coefficient (Wildman–Crippen LogP) is 3.56. The van der Waals surface area contributed by atoms with Crippen molar-refractivity contribution in [3.8, 4) is 5.69 Å². The van der Waals surface area contributed by atoms with E-state index in [1.807, 2.05) is 49.1 Å². The molecule has 0 atom stereocenters. The summed E-state index contributed by atoms with van der Waals surface area (Å²) in [5, 5.41) is 0.709. The van der Waals surface area contributed by atoms with E-state index in [2.05, 4.69) is 4.57 Å². The molecule has 128 valence electrons. The molecule has 2 N–H and O–H groups in total. The molecule has 1 aromatic heterocycles. The number of aryl methyl sites for hydroxylation is 1. The summed E-state index contributed by atoms with van der Waals surface area (Å²) in [6.07, 6.45) is 2.00. The average molecular weight is 346 g/mol. The summed E-state index contributed by atoms with van der Waals surface area (Å²) in [6.45, 7) is 6.34. The van der Waals surface area contributed by atoms with Crippen LogP contribution in [0.1, 0.15) is 34.6 Å². The molecule has 0 spiro atoms. The first kappa shape index (κ1) is 17.1. The van der Waals surface area contributed by atoms with Crippen LogP contribution >= 0.6 is 11.6 Å². The van der Waals surface area contributed by atoms with Gasteiger partial charge in [0, 0.05) is 35.2 Å². The maximum absolute atomic E-state index is 12.9. The normalized spacial score (nSPS) is 15.8. The lowest BCUT2D eigenvalue weighted by Crippen LogP contribution is -2.40. The molecule has 1 aliphatic heterocycles. The lowest BCUT2D eigenvalue weighted by molar-refractivity contribution is 0.0692. The van der Waals surface area contributed by atoms with Crippen molar-refractivity contribution in [3.05, 3.63) is 52.3 Å². The highest BCUT2D eigenvalue weighted by atomic mass is 35.5. The van der Waals surface area contributed by atoms with Gasteiger partial charge < -0.3 is 15.2 Å². The van der Waals surface area contributed by atoms with Crippen LogP contribution in [0.5, 0.6) is 0 Å². The van der Waals surface area contributed by atoms with E-state index in [1.54, 1.807) is 0 Å². The lowest BCUT2D eigenvalue weighted by Gasteiger charge is -2.31. The minimum atomic E-state index is 0.124. The zero-order valence-electron chi connectivity index (χ0n) is 14.3. The summed E-state index contributed by atoms with van der Waals surface area (Å²) in [4.78, 5) is 14.9. The Morgan fingerprint density at radius 2 is 1.83 bits per heavy atom. The highest BCUT2D eigenvalue weighted by molar-refractivity contribution is 6.30. The molecule has 1 amide bonds. The van der Waals surface area contributed by atoms with Crippen molar-refractivity contribution in [1.29, 1.82) is 0 Å². The van der Waals surface area contributed by atoms with Crippen LogP contribution < -0.4 is 5.73 Å². The Kier molecular flexibility index (Phi) is 4.97. The number of rotatable bonds is 3. The van der Waals surface area contributed by atoms with E-state index >= 15 is 0 Å². The summed E-state index contributed by atoms with van der Waals surface area (Å²) in [6, 6.07) is 9.68. The first-order chi connectivity index (χ1) is 11.5. The summed E-state index contributed by atoms with van der Waals surface area (Å²) in [5.41, 5.74) is 9.58. The SMILES string of the molecule is Cc1cc(C(=O)N2CCC(CN)CC2)c(C)n1-c1ccc(Cl)cc1. The van der Waals surface area contributed by atoms with Crippen molar-refractivity contribution in [2.24, 2.45) is 11.7 Å². The van der Waals surface area contributed by atoms with Gasteiger partial charge in [0.2, 0.25) is 0 Å². The molecule has 0 aliphatic carbocycles. The molecule has 1 saturated heterocycles. The fourth-order valence-electron chi connectivity index (χ4n) is 3.51. The third-order valence-electron chi connectivity index (χ3n) is 4.98. The van der Waals surface area contributed by atoms with E-state index in [0.29, 0.717) is 17.5 Å². The van der Waals surface area contributed by atoms with Crippen molar-refractivity contribution >= 4 is 17.5 Å². The van der Waals surface area contributed by atoms with Crippen molar-refractivity contribution in [2.45, 2.75) is 26.7 Å². The van der Waals surface area contributed by atoms with Gasteiger partial charge in [0.1, 0.15) is 0 Å². The van der Waals surface area contributed by atoms with Gasteiger partial charge in [-0.1, -0.05) is 11.6 Å². The molecule has 2 aromatic rings. The van der Waals surface area contributed by atoms with Gasteiger partial charge in [-0.25, -0.2) is 0 Å². The monoisotopic (exact) mass is 345 g/mol. The zero-order chi connectivity index (χ0) is 17.3. The Labute approximate surface area is 148 Å². The second-order valence-electron chi connectivity index (χ2n) is 6.57. The zero-order valence-corrected chi connectivity index (χ0v) is 15.0. The Bertz CT molecular complexity index is 728. The quantitative estimate of drug-likeness (QED) is 0.924. The van der Waals surface area contributed by atoms with Gasteiger partial charge in [-0.15, -0.1) is 0 Å². The Hall–Kier alpha value is -1.78. The molecule has 0 bridgehead atoms. The third kappa shape index (κ3) is 3.21. The van der Waals surface area contributed by atoms with Crippen LogP contribution in [0.3, 0.4) is 0 Å². The number of amides is 1. The Morgan fingerprint density at radius 3 is 2.42 bits per heavy atom. The molecule has 1 aromatic carbocycles. The van der Waals surface area contributed by atoms with E-state index in [4.69, 9.17) is 17.3 Å². The molecule has 5 heteroatoms. The maximum Gasteiger partial charge on any atom is 0.255 e. The Morgan fingerprint density at radius 1 is 1.21 bits per heavy atom. The molecule has 3 rings (SSSR count). The molecule has 24 heavy (non-hydrogen) atoms. The molecule has 0 radical (unpaired) electrons. The van der Waals surface area contributed by atoms with Crippen molar-refractivity contribution in [2.75, 3.05) is 19.6 Å². The number of hydrogen-bond acceptors (Lipinski definition) is 2. The van der Waals surface area contributed by atoms with Crippen LogP contribution in [-0.4, -0.2) is 35.0 Å². The predicted molar refractivity (Wildman–Crippen MR) is 97.9 cm³/mol. The summed E-state index contributed by atoms with van der Waals surface area (Å²) in [5.74, 6) is 0.675. The van der Waals surface area contributed by atoms with Crippen LogP contribution in [0.2, 0.25) is 5.02 Å². The summed E-state index contributed by atoms with van der Waals surface area (Å²) >= 11 is 5.98. The van der Waals surface area contributed by atoms with Crippen molar-refractivity contribution < 1.29 is 4.79 Å². The number of carbonyl (C=O) groups is 1. The number of piperidine rings is 1. The molecule has 4 nitrogen and oxygen atoms in total. The molecular formula is C19H24ClN3O. The van der Waals surface area contributed by atoms with Crippen molar-refractivity contribution in [3.63, 3.8) is 0 Å². The van der Waals surface area contributed by atoms with Gasteiger partial charge in [-0.2, -0.15) is 0 Å². The van der Waals surface area contributed by atoms with Gasteiger partial charge in [0.25, 0.3) is 5.91 Å². The second kappa shape index (κ2) is 6.99. The third-order valence-corrected chi connectivity index (χ3v) is 5.23. The number of nitrogens with two attached hydrogens (primary N) is 1. The molecular weight excluding hydrogens is 322 g/mol. The standard InChI is InChI=1S/C19H24ClN3O/c1-13-11-18(19(24)22-9-7-15(12-21)8-10-22)14(2)23(13)17-5-3-16(20)4-6-17/h3-6,11,15H,7-10,12,21H2,1-2H3. The van der Waals surface area contributed by atoms with Gasteiger partial charge in [0.15, 0.2) is 0 Å². The van der Waals surface area contributed by atoms with Crippen LogP contribution in [0.25, 0.3) is 5.69 Å². The van der Waals surface area contributed by atoms with Gasteiger partial charge >= 0.3 is 0 Å². The number of nitrogens with zero attached hydrogens (tertiary/aromatic N) is 2. The van der Waals surface area contributed by atoms with E-state index < -0.39 is 0 Å². The molecule has 2 heterocycles. The Balaban J connectivity index is 1.86. The average Bonchev–Trinajstić information content (AvgIpc) is 2.90. The van der Waals surface area contributed by atoms with Crippen molar-refractivity contribution in [1.82, 2.24) is 9.47 Å². The summed E-state index contributed by atoms with van der Waals surface area (Å²) < 4.78 is 2.11. The summed E-state index contributed by atoms with van der Waals surface area (Å²) in [7, 11) is 0. The molecule has 0 unspecified atom stereocenters. The minimum Gasteiger partial charge on any atom is -0.339 e. The van der Waals surface area contributed by atoms with E-state index in [0.717, 1.165) is 48.6 Å². The fraction of sp³-hybridized carbons (Fsp3) is 0.421. The van der Waals surface area contributed by atoms with E-state index in [1.165, 1.54) is 0 Å². The number of aromatic nitrogens is 1. The topological polar surface area (TPSA) is 51.3 Å². The molecule has 1 fully saturated rings. The van der Waals surface area contributed by atoms with Crippen LogP contribution in [0.4, 0.5) is 0 Å². The smallest absolute Gasteiger partial charge is 0.255 e. The number of carbonyl (C=O) groups excluding carboxylic acids is 1. The number of likely N-dealkylation sites (tertiary alicyclic amines) is 1. The van der Waals surface area contributed by atoms with Gasteiger partial charge in [-0.05, 0) is 69.5 Å². The highest BCUT2D eigenvalue weighted by Crippen LogP contribution is 2.25. The van der Waals surface area contributed by atoms with Gasteiger partial charge in [-0.3, -0.25) is 4.79 Å². The number of benzene rings is 1. The van der Waals surface area contributed by atoms with Crippen LogP contribution in [0.15, 0.2) is 30.3 Å². The first-order valence-electron chi connectivity index (χ1n) is 8.45. The van der Waals surface area contributed by atoms with E-state index in [-0.39, 0.29) is 5.91 Å². The van der Waals surface area contributed by atoms with Crippen LogP contribution in [-0.2, 0) is 0 Å². The van der Waals surface area contributed by atoms with Gasteiger partial charge in [0.05, 0.1) is 5.56 Å². The van der Waals surface area contributed by atoms with Crippen LogP contribution in [0, 0.1) is 19.8 Å². The number of halogens is 1. The largest absolute Gasteiger partial charge is 0.339 e. The van der Waals surface area contributed by atoms with E-state index in [9.17, 15) is 4.79 Å². The maximum atomic E-state index is 12.9. The number of hydrogen-bond donors (Lipinski definition) is 1. The first-order valence-corrected chi connectivity index (χ1v) is 8.83. The fourth-order valence-corrected chi connectivity index (χ4v) is 3.63. The second-order valence-corrected chi connectivity index (χ2v) is 7.00. The molecule has 1 aliphatic rings.